The number of rotatable bonds is 8. The second kappa shape index (κ2) is 8.29. The van der Waals surface area contributed by atoms with E-state index < -0.39 is 0 Å². The Hall–Kier alpha value is -1.62. The van der Waals surface area contributed by atoms with Crippen LogP contribution in [0.3, 0.4) is 0 Å². The molecule has 0 atom stereocenters. The fourth-order valence-corrected chi connectivity index (χ4v) is 3.02. The van der Waals surface area contributed by atoms with Crippen LogP contribution in [-0.4, -0.2) is 22.0 Å². The molecule has 0 saturated heterocycles. The van der Waals surface area contributed by atoms with Crippen LogP contribution in [0.25, 0.3) is 11.0 Å². The van der Waals surface area contributed by atoms with Gasteiger partial charge in [0.1, 0.15) is 5.82 Å². The molecule has 1 aromatic heterocycles. The van der Waals surface area contributed by atoms with E-state index in [9.17, 15) is 4.79 Å². The maximum atomic E-state index is 12.1. The molecular formula is C18H24BrN3O. The van der Waals surface area contributed by atoms with Crippen molar-refractivity contribution in [3.05, 3.63) is 41.2 Å². The van der Waals surface area contributed by atoms with Gasteiger partial charge in [-0.1, -0.05) is 48.5 Å². The van der Waals surface area contributed by atoms with Gasteiger partial charge in [-0.3, -0.25) is 4.79 Å². The Bertz CT molecular complexity index is 689. The first-order valence-electron chi connectivity index (χ1n) is 8.11. The highest BCUT2D eigenvalue weighted by Crippen LogP contribution is 2.19. The van der Waals surface area contributed by atoms with Crippen molar-refractivity contribution in [2.24, 2.45) is 5.92 Å². The van der Waals surface area contributed by atoms with Gasteiger partial charge >= 0.3 is 0 Å². The minimum atomic E-state index is 0.108. The standard InChI is InChI=1S/C18H24BrN3O/c1-4-14(5-2)18(23)20-11-10-17-21-15-8-6-7-9-16(15)22(17)12-13(3)19/h6-9,14H,3-5,10-12H2,1-2H3,(H,20,23). The van der Waals surface area contributed by atoms with E-state index in [1.807, 2.05) is 18.2 Å². The summed E-state index contributed by atoms with van der Waals surface area (Å²) in [6.45, 7) is 9.31. The van der Waals surface area contributed by atoms with Crippen molar-refractivity contribution in [3.63, 3.8) is 0 Å². The predicted molar refractivity (Wildman–Crippen MR) is 98.6 cm³/mol. The van der Waals surface area contributed by atoms with Crippen LogP contribution in [-0.2, 0) is 17.8 Å². The molecule has 1 heterocycles. The Balaban J connectivity index is 2.10. The van der Waals surface area contributed by atoms with E-state index in [-0.39, 0.29) is 11.8 Å². The summed E-state index contributed by atoms with van der Waals surface area (Å²) < 4.78 is 3.05. The molecule has 1 amide bonds. The molecule has 1 aromatic carbocycles. The van der Waals surface area contributed by atoms with Crippen LogP contribution in [0.15, 0.2) is 35.3 Å². The maximum absolute atomic E-state index is 12.1. The Morgan fingerprint density at radius 3 is 2.70 bits per heavy atom. The average molecular weight is 378 g/mol. The Labute approximate surface area is 146 Å². The topological polar surface area (TPSA) is 46.9 Å². The van der Waals surface area contributed by atoms with E-state index in [1.54, 1.807) is 0 Å². The first-order chi connectivity index (χ1) is 11.1. The van der Waals surface area contributed by atoms with Crippen LogP contribution >= 0.6 is 15.9 Å². The van der Waals surface area contributed by atoms with Gasteiger partial charge in [0.15, 0.2) is 0 Å². The van der Waals surface area contributed by atoms with E-state index >= 15 is 0 Å². The van der Waals surface area contributed by atoms with E-state index in [2.05, 4.69) is 52.3 Å². The first kappa shape index (κ1) is 17.7. The minimum Gasteiger partial charge on any atom is -0.355 e. The summed E-state index contributed by atoms with van der Waals surface area (Å²) in [5, 5.41) is 3.03. The maximum Gasteiger partial charge on any atom is 0.223 e. The fourth-order valence-electron chi connectivity index (χ4n) is 2.77. The van der Waals surface area contributed by atoms with Gasteiger partial charge < -0.3 is 9.88 Å². The number of halogens is 1. The van der Waals surface area contributed by atoms with Crippen molar-refractivity contribution < 1.29 is 4.79 Å². The number of para-hydroxylation sites is 2. The van der Waals surface area contributed by atoms with Gasteiger partial charge in [0.2, 0.25) is 5.91 Å². The van der Waals surface area contributed by atoms with Crippen molar-refractivity contribution in [2.45, 2.75) is 39.7 Å². The summed E-state index contributed by atoms with van der Waals surface area (Å²) >= 11 is 3.43. The van der Waals surface area contributed by atoms with Crippen LogP contribution in [0, 0.1) is 5.92 Å². The van der Waals surface area contributed by atoms with E-state index in [4.69, 9.17) is 4.98 Å². The van der Waals surface area contributed by atoms with Crippen LogP contribution in [0.5, 0.6) is 0 Å². The van der Waals surface area contributed by atoms with Gasteiger partial charge in [-0.25, -0.2) is 4.98 Å². The van der Waals surface area contributed by atoms with Crippen molar-refractivity contribution in [1.82, 2.24) is 14.9 Å². The average Bonchev–Trinajstić information content (AvgIpc) is 2.86. The summed E-state index contributed by atoms with van der Waals surface area (Å²) in [5.41, 5.74) is 2.07. The molecule has 0 unspecified atom stereocenters. The largest absolute Gasteiger partial charge is 0.355 e. The number of nitrogens with one attached hydrogen (secondary N) is 1. The zero-order valence-electron chi connectivity index (χ0n) is 13.8. The number of imidazole rings is 1. The lowest BCUT2D eigenvalue weighted by atomic mass is 10.0. The van der Waals surface area contributed by atoms with Crippen LogP contribution in [0.4, 0.5) is 0 Å². The lowest BCUT2D eigenvalue weighted by Gasteiger charge is -2.13. The molecule has 5 heteroatoms. The normalized spacial score (nSPS) is 11.1. The minimum absolute atomic E-state index is 0.108. The molecule has 124 valence electrons. The highest BCUT2D eigenvalue weighted by molar-refractivity contribution is 9.11. The van der Waals surface area contributed by atoms with E-state index in [0.717, 1.165) is 34.2 Å². The smallest absolute Gasteiger partial charge is 0.223 e. The van der Waals surface area contributed by atoms with Crippen molar-refractivity contribution in [2.75, 3.05) is 6.54 Å². The third-order valence-corrected chi connectivity index (χ3v) is 4.32. The molecule has 0 fully saturated rings. The lowest BCUT2D eigenvalue weighted by molar-refractivity contribution is -0.125. The Morgan fingerprint density at radius 2 is 2.04 bits per heavy atom. The number of aromatic nitrogens is 2. The molecule has 23 heavy (non-hydrogen) atoms. The van der Waals surface area contributed by atoms with Gasteiger partial charge in [-0.15, -0.1) is 0 Å². The Morgan fingerprint density at radius 1 is 1.35 bits per heavy atom. The molecule has 0 bridgehead atoms. The summed E-state index contributed by atoms with van der Waals surface area (Å²) in [7, 11) is 0. The molecular weight excluding hydrogens is 354 g/mol. The third-order valence-electron chi connectivity index (χ3n) is 4.07. The number of hydrogen-bond acceptors (Lipinski definition) is 2. The lowest BCUT2D eigenvalue weighted by Crippen LogP contribution is -2.32. The number of carbonyl (C=O) groups is 1. The van der Waals surface area contributed by atoms with Gasteiger partial charge in [0.25, 0.3) is 0 Å². The molecule has 0 aliphatic heterocycles. The van der Waals surface area contributed by atoms with Gasteiger partial charge in [-0.05, 0) is 25.0 Å². The SMILES string of the molecule is C=C(Br)Cn1c(CCNC(=O)C(CC)CC)nc2ccccc21. The molecule has 0 saturated carbocycles. The van der Waals surface area contributed by atoms with Crippen molar-refractivity contribution in [1.29, 1.82) is 0 Å². The number of hydrogen-bond donors (Lipinski definition) is 1. The number of benzene rings is 1. The van der Waals surface area contributed by atoms with Crippen LogP contribution < -0.4 is 5.32 Å². The number of allylic oxidation sites excluding steroid dienone is 1. The van der Waals surface area contributed by atoms with Gasteiger partial charge in [-0.2, -0.15) is 0 Å². The fraction of sp³-hybridized carbons (Fsp3) is 0.444. The molecule has 0 spiro atoms. The third kappa shape index (κ3) is 4.44. The number of carbonyl (C=O) groups excluding carboxylic acids is 1. The highest BCUT2D eigenvalue weighted by atomic mass is 79.9. The van der Waals surface area contributed by atoms with Gasteiger partial charge in [0, 0.05) is 23.4 Å². The highest BCUT2D eigenvalue weighted by Gasteiger charge is 2.15. The summed E-state index contributed by atoms with van der Waals surface area (Å²) in [6, 6.07) is 8.07. The van der Waals surface area contributed by atoms with Gasteiger partial charge in [0.05, 0.1) is 17.6 Å². The summed E-state index contributed by atoms with van der Waals surface area (Å²) in [6.07, 6.45) is 2.47. The molecule has 1 N–H and O–H groups in total. The Kier molecular flexibility index (Phi) is 6.39. The van der Waals surface area contributed by atoms with Crippen LogP contribution in [0.2, 0.25) is 0 Å². The first-order valence-corrected chi connectivity index (χ1v) is 8.91. The van der Waals surface area contributed by atoms with E-state index in [1.165, 1.54) is 0 Å². The second-order valence-corrected chi connectivity index (χ2v) is 6.80. The molecule has 2 rings (SSSR count). The molecule has 0 aliphatic rings. The van der Waals surface area contributed by atoms with E-state index in [0.29, 0.717) is 19.5 Å². The predicted octanol–water partition coefficient (Wildman–Crippen LogP) is 4.04. The monoisotopic (exact) mass is 377 g/mol. The number of fused-ring (bicyclic) bond motifs is 1. The number of amides is 1. The van der Waals surface area contributed by atoms with Crippen LogP contribution in [0.1, 0.15) is 32.5 Å². The summed E-state index contributed by atoms with van der Waals surface area (Å²) in [5.74, 6) is 1.22. The molecule has 0 radical (unpaired) electrons. The number of nitrogens with zero attached hydrogens (tertiary/aromatic N) is 2. The molecule has 2 aromatic rings. The zero-order chi connectivity index (χ0) is 16.8. The van der Waals surface area contributed by atoms with Crippen molar-refractivity contribution >= 4 is 32.9 Å². The molecule has 0 aliphatic carbocycles. The molecule has 4 nitrogen and oxygen atoms in total. The quantitative estimate of drug-likeness (QED) is 0.754. The summed E-state index contributed by atoms with van der Waals surface area (Å²) in [4.78, 5) is 16.8. The van der Waals surface area contributed by atoms with Crippen molar-refractivity contribution in [3.8, 4) is 0 Å². The zero-order valence-corrected chi connectivity index (χ0v) is 15.4. The second-order valence-electron chi connectivity index (χ2n) is 5.67.